The van der Waals surface area contributed by atoms with Crippen molar-refractivity contribution in [3.63, 3.8) is 0 Å². The Morgan fingerprint density at radius 1 is 1.40 bits per heavy atom. The van der Waals surface area contributed by atoms with Crippen molar-refractivity contribution >= 4 is 10.2 Å². The molecule has 0 atom stereocenters. The summed E-state index contributed by atoms with van der Waals surface area (Å²) in [6.07, 6.45) is 0. The molecule has 1 aliphatic heterocycles. The van der Waals surface area contributed by atoms with Gasteiger partial charge in [0.05, 0.1) is 0 Å². The van der Waals surface area contributed by atoms with E-state index in [0.717, 1.165) is 11.1 Å². The van der Waals surface area contributed by atoms with E-state index < -0.39 is 10.2 Å². The second-order valence-electron chi connectivity index (χ2n) is 3.71. The highest BCUT2D eigenvalue weighted by atomic mass is 32.2. The van der Waals surface area contributed by atoms with Crippen LogP contribution in [0.2, 0.25) is 0 Å². The van der Waals surface area contributed by atoms with Crippen molar-refractivity contribution in [2.75, 3.05) is 13.1 Å². The second-order valence-corrected chi connectivity index (χ2v) is 5.47. The molecule has 1 heterocycles. The molecule has 1 N–H and O–H groups in total. The maximum absolute atomic E-state index is 11.5. The van der Waals surface area contributed by atoms with Crippen LogP contribution in [0.3, 0.4) is 0 Å². The largest absolute Gasteiger partial charge is 0.279 e. The average molecular weight is 226 g/mol. The topological polar surface area (TPSA) is 49.2 Å². The van der Waals surface area contributed by atoms with Crippen LogP contribution in [0.15, 0.2) is 24.3 Å². The number of hydrogen-bond donors (Lipinski definition) is 1. The van der Waals surface area contributed by atoms with Crippen LogP contribution in [0.4, 0.5) is 0 Å². The molecule has 15 heavy (non-hydrogen) atoms. The van der Waals surface area contributed by atoms with Crippen LogP contribution in [0.5, 0.6) is 0 Å². The van der Waals surface area contributed by atoms with E-state index in [2.05, 4.69) is 4.72 Å². The molecule has 0 unspecified atom stereocenters. The number of hydrogen-bond acceptors (Lipinski definition) is 2. The Morgan fingerprint density at radius 3 is 2.73 bits per heavy atom. The van der Waals surface area contributed by atoms with E-state index in [0.29, 0.717) is 19.6 Å². The van der Waals surface area contributed by atoms with Gasteiger partial charge in [-0.05, 0) is 12.5 Å². The first-order valence-corrected chi connectivity index (χ1v) is 6.32. The second kappa shape index (κ2) is 3.92. The third-order valence-corrected chi connectivity index (χ3v) is 3.84. The molecule has 0 bridgehead atoms. The van der Waals surface area contributed by atoms with Crippen molar-refractivity contribution in [3.8, 4) is 0 Å². The minimum atomic E-state index is -3.21. The predicted molar refractivity (Wildman–Crippen MR) is 58.5 cm³/mol. The Morgan fingerprint density at radius 2 is 2.13 bits per heavy atom. The Labute approximate surface area is 90.1 Å². The zero-order valence-corrected chi connectivity index (χ0v) is 9.42. The molecule has 1 aliphatic rings. The molecule has 5 heteroatoms. The Bertz CT molecular complexity index is 452. The molecule has 1 aromatic carbocycles. The Hall–Kier alpha value is -0.910. The van der Waals surface area contributed by atoms with Crippen LogP contribution in [0, 0.1) is 6.92 Å². The minimum Gasteiger partial charge on any atom is -0.198 e. The van der Waals surface area contributed by atoms with Gasteiger partial charge >= 0.3 is 0 Å². The lowest BCUT2D eigenvalue weighted by Gasteiger charge is -2.06. The average Bonchev–Trinajstić information content (AvgIpc) is 2.98. The molecule has 4 nitrogen and oxygen atoms in total. The lowest BCUT2D eigenvalue weighted by molar-refractivity contribution is 0.546. The van der Waals surface area contributed by atoms with E-state index in [4.69, 9.17) is 0 Å². The zero-order chi connectivity index (χ0) is 10.9. The van der Waals surface area contributed by atoms with E-state index in [1.807, 2.05) is 31.2 Å². The smallest absolute Gasteiger partial charge is 0.198 e. The Balaban J connectivity index is 1.98. The number of nitrogens with one attached hydrogen (secondary N) is 1. The minimum absolute atomic E-state index is 0.362. The molecule has 0 saturated carbocycles. The molecule has 1 fully saturated rings. The van der Waals surface area contributed by atoms with Crippen LogP contribution < -0.4 is 4.72 Å². The normalized spacial score (nSPS) is 16.6. The number of benzene rings is 1. The fourth-order valence-corrected chi connectivity index (χ4v) is 2.46. The highest BCUT2D eigenvalue weighted by molar-refractivity contribution is 7.87. The van der Waals surface area contributed by atoms with Gasteiger partial charge in [0.15, 0.2) is 0 Å². The first-order valence-electron chi connectivity index (χ1n) is 4.88. The maximum atomic E-state index is 11.5. The summed E-state index contributed by atoms with van der Waals surface area (Å²) in [5.74, 6) is 0. The monoisotopic (exact) mass is 226 g/mol. The molecule has 2 rings (SSSR count). The van der Waals surface area contributed by atoms with Gasteiger partial charge in [0, 0.05) is 19.6 Å². The fraction of sp³-hybridized carbons (Fsp3) is 0.400. The van der Waals surface area contributed by atoms with Gasteiger partial charge in [0.2, 0.25) is 0 Å². The number of nitrogens with zero attached hydrogens (tertiary/aromatic N) is 1. The van der Waals surface area contributed by atoms with Crippen molar-refractivity contribution in [1.29, 1.82) is 0 Å². The van der Waals surface area contributed by atoms with Crippen molar-refractivity contribution in [3.05, 3.63) is 35.4 Å². The lowest BCUT2D eigenvalue weighted by Crippen LogP contribution is -2.29. The van der Waals surface area contributed by atoms with Gasteiger partial charge in [0.1, 0.15) is 0 Å². The first kappa shape index (κ1) is 10.6. The predicted octanol–water partition coefficient (Wildman–Crippen LogP) is 0.645. The molecular weight excluding hydrogens is 212 g/mol. The molecule has 0 aromatic heterocycles. The summed E-state index contributed by atoms with van der Waals surface area (Å²) >= 11 is 0. The van der Waals surface area contributed by atoms with Crippen LogP contribution in [-0.2, 0) is 16.8 Å². The van der Waals surface area contributed by atoms with Crippen molar-refractivity contribution in [2.45, 2.75) is 13.5 Å². The maximum Gasteiger partial charge on any atom is 0.279 e. The third-order valence-electron chi connectivity index (χ3n) is 2.29. The Kier molecular flexibility index (Phi) is 2.77. The van der Waals surface area contributed by atoms with Gasteiger partial charge in [0.25, 0.3) is 10.2 Å². The third kappa shape index (κ3) is 2.77. The summed E-state index contributed by atoms with van der Waals surface area (Å²) in [5, 5.41) is 0. The van der Waals surface area contributed by atoms with Gasteiger partial charge < -0.3 is 0 Å². The van der Waals surface area contributed by atoms with E-state index in [1.165, 1.54) is 4.31 Å². The lowest BCUT2D eigenvalue weighted by atomic mass is 10.1. The highest BCUT2D eigenvalue weighted by Gasteiger charge is 2.31. The summed E-state index contributed by atoms with van der Waals surface area (Å²) in [7, 11) is -3.21. The van der Waals surface area contributed by atoms with Crippen LogP contribution in [-0.4, -0.2) is 25.8 Å². The first-order chi connectivity index (χ1) is 7.08. The van der Waals surface area contributed by atoms with E-state index in [1.54, 1.807) is 0 Å². The summed E-state index contributed by atoms with van der Waals surface area (Å²) in [6.45, 7) is 3.63. The molecule has 0 aliphatic carbocycles. The molecule has 1 aromatic rings. The zero-order valence-electron chi connectivity index (χ0n) is 8.60. The van der Waals surface area contributed by atoms with E-state index in [-0.39, 0.29) is 0 Å². The van der Waals surface area contributed by atoms with Crippen LogP contribution >= 0.6 is 0 Å². The summed E-state index contributed by atoms with van der Waals surface area (Å²) in [6, 6.07) is 7.81. The van der Waals surface area contributed by atoms with E-state index in [9.17, 15) is 8.42 Å². The molecule has 0 spiro atoms. The number of aryl methyl sites for hydroxylation is 1. The fourth-order valence-electron chi connectivity index (χ4n) is 1.37. The summed E-state index contributed by atoms with van der Waals surface area (Å²) < 4.78 is 26.9. The summed E-state index contributed by atoms with van der Waals surface area (Å²) in [4.78, 5) is 0. The van der Waals surface area contributed by atoms with Crippen molar-refractivity contribution in [1.82, 2.24) is 9.03 Å². The standard InChI is InChI=1S/C10H14N2O2S/c1-9-3-2-4-10(7-9)8-11-15(13,14)12-5-6-12/h2-4,7,11H,5-6,8H2,1H3. The molecular formula is C10H14N2O2S. The van der Waals surface area contributed by atoms with Crippen molar-refractivity contribution in [2.24, 2.45) is 0 Å². The molecule has 0 amide bonds. The molecule has 82 valence electrons. The SMILES string of the molecule is Cc1cccc(CNS(=O)(=O)N2CC2)c1. The van der Waals surface area contributed by atoms with Crippen molar-refractivity contribution < 1.29 is 8.42 Å². The summed E-state index contributed by atoms with van der Waals surface area (Å²) in [5.41, 5.74) is 2.12. The molecule has 0 radical (unpaired) electrons. The van der Waals surface area contributed by atoms with Gasteiger partial charge in [-0.1, -0.05) is 29.8 Å². The van der Waals surface area contributed by atoms with E-state index >= 15 is 0 Å². The van der Waals surface area contributed by atoms with Crippen LogP contribution in [0.25, 0.3) is 0 Å². The molecule has 1 saturated heterocycles. The van der Waals surface area contributed by atoms with Gasteiger partial charge in [-0.2, -0.15) is 17.4 Å². The van der Waals surface area contributed by atoms with Gasteiger partial charge in [-0.15, -0.1) is 0 Å². The van der Waals surface area contributed by atoms with Crippen LogP contribution in [0.1, 0.15) is 11.1 Å². The van der Waals surface area contributed by atoms with Gasteiger partial charge in [-0.25, -0.2) is 0 Å². The number of rotatable bonds is 4. The van der Waals surface area contributed by atoms with Gasteiger partial charge in [-0.3, -0.25) is 0 Å². The quantitative estimate of drug-likeness (QED) is 0.766. The highest BCUT2D eigenvalue weighted by Crippen LogP contribution is 2.10.